The molecule has 0 spiro atoms. The highest BCUT2D eigenvalue weighted by Crippen LogP contribution is 2.28. The van der Waals surface area contributed by atoms with Gasteiger partial charge in [0.2, 0.25) is 0 Å². The van der Waals surface area contributed by atoms with Gasteiger partial charge in [-0.05, 0) is 12.5 Å². The Morgan fingerprint density at radius 3 is 2.72 bits per heavy atom. The van der Waals surface area contributed by atoms with E-state index in [-0.39, 0.29) is 23.6 Å². The van der Waals surface area contributed by atoms with Crippen molar-refractivity contribution in [1.82, 2.24) is 0 Å². The van der Waals surface area contributed by atoms with E-state index in [4.69, 9.17) is 9.84 Å². The Labute approximate surface area is 103 Å². The summed E-state index contributed by atoms with van der Waals surface area (Å²) in [6, 6.07) is 3.27. The van der Waals surface area contributed by atoms with Crippen molar-refractivity contribution in [1.29, 1.82) is 0 Å². The van der Waals surface area contributed by atoms with E-state index in [9.17, 15) is 20.0 Å². The zero-order valence-corrected chi connectivity index (χ0v) is 9.70. The smallest absolute Gasteiger partial charge is 0.335 e. The van der Waals surface area contributed by atoms with Crippen LogP contribution < -0.4 is 4.74 Å². The third-order valence-corrected chi connectivity index (χ3v) is 2.31. The quantitative estimate of drug-likeness (QED) is 0.588. The normalized spacial score (nSPS) is 11.9. The molecule has 18 heavy (non-hydrogen) atoms. The van der Waals surface area contributed by atoms with Crippen LogP contribution in [-0.2, 0) is 0 Å². The van der Waals surface area contributed by atoms with Gasteiger partial charge in [-0.1, -0.05) is 6.92 Å². The number of hydrogen-bond acceptors (Lipinski definition) is 5. The molecule has 0 aliphatic rings. The number of nitro benzene ring substituents is 1. The monoisotopic (exact) mass is 255 g/mol. The summed E-state index contributed by atoms with van der Waals surface area (Å²) >= 11 is 0. The van der Waals surface area contributed by atoms with Gasteiger partial charge >= 0.3 is 11.7 Å². The molecular weight excluding hydrogens is 242 g/mol. The van der Waals surface area contributed by atoms with E-state index in [0.29, 0.717) is 6.42 Å². The van der Waals surface area contributed by atoms with Gasteiger partial charge in [0.25, 0.3) is 0 Å². The van der Waals surface area contributed by atoms with Gasteiger partial charge in [0.1, 0.15) is 6.61 Å². The van der Waals surface area contributed by atoms with Crippen molar-refractivity contribution in [3.63, 3.8) is 0 Å². The largest absolute Gasteiger partial charge is 0.484 e. The lowest BCUT2D eigenvalue weighted by molar-refractivity contribution is -0.385. The third-order valence-electron chi connectivity index (χ3n) is 2.31. The van der Waals surface area contributed by atoms with Crippen LogP contribution in [-0.4, -0.2) is 33.8 Å². The van der Waals surface area contributed by atoms with Crippen LogP contribution in [0.1, 0.15) is 23.7 Å². The van der Waals surface area contributed by atoms with Crippen LogP contribution in [0.5, 0.6) is 5.75 Å². The molecule has 1 rings (SSSR count). The summed E-state index contributed by atoms with van der Waals surface area (Å²) < 4.78 is 5.09. The maximum absolute atomic E-state index is 10.8. The number of carbonyl (C=O) groups is 1. The summed E-state index contributed by atoms with van der Waals surface area (Å²) in [7, 11) is 0. The standard InChI is InChI=1S/C11H13NO6/c1-2-8(13)6-18-10-5-7(11(14)15)3-4-9(10)12(16)17/h3-5,8,13H,2,6H2,1H3,(H,14,15). The number of ether oxygens (including phenoxy) is 1. The molecule has 0 saturated heterocycles. The Hall–Kier alpha value is -2.15. The van der Waals surface area contributed by atoms with Crippen molar-refractivity contribution < 1.29 is 24.7 Å². The first-order chi connectivity index (χ1) is 8.45. The Kier molecular flexibility index (Phi) is 4.61. The molecule has 7 nitrogen and oxygen atoms in total. The Bertz CT molecular complexity index is 459. The molecule has 1 aromatic carbocycles. The lowest BCUT2D eigenvalue weighted by Crippen LogP contribution is -2.16. The predicted octanol–water partition coefficient (Wildman–Crippen LogP) is 1.44. The second kappa shape index (κ2) is 5.97. The maximum Gasteiger partial charge on any atom is 0.335 e. The van der Waals surface area contributed by atoms with Gasteiger partial charge < -0.3 is 14.9 Å². The van der Waals surface area contributed by atoms with Crippen molar-refractivity contribution in [3.05, 3.63) is 33.9 Å². The van der Waals surface area contributed by atoms with Gasteiger partial charge in [0.15, 0.2) is 5.75 Å². The molecule has 1 atom stereocenters. The summed E-state index contributed by atoms with van der Waals surface area (Å²) in [4.78, 5) is 20.8. The molecule has 1 aromatic rings. The average molecular weight is 255 g/mol. The molecule has 0 bridgehead atoms. The van der Waals surface area contributed by atoms with Gasteiger partial charge in [0.05, 0.1) is 16.6 Å². The molecule has 0 amide bonds. The van der Waals surface area contributed by atoms with E-state index >= 15 is 0 Å². The number of aromatic carboxylic acids is 1. The predicted molar refractivity (Wildman–Crippen MR) is 61.8 cm³/mol. The van der Waals surface area contributed by atoms with Gasteiger partial charge in [0, 0.05) is 12.1 Å². The van der Waals surface area contributed by atoms with Crippen LogP contribution in [0.15, 0.2) is 18.2 Å². The van der Waals surface area contributed by atoms with Gasteiger partial charge in [-0.25, -0.2) is 4.79 Å². The van der Waals surface area contributed by atoms with Gasteiger partial charge in [-0.3, -0.25) is 10.1 Å². The van der Waals surface area contributed by atoms with Crippen LogP contribution in [0, 0.1) is 10.1 Å². The second-order valence-electron chi connectivity index (χ2n) is 3.62. The molecule has 1 unspecified atom stereocenters. The number of benzene rings is 1. The first-order valence-corrected chi connectivity index (χ1v) is 5.28. The van der Waals surface area contributed by atoms with Crippen molar-refractivity contribution in [2.45, 2.75) is 19.4 Å². The lowest BCUT2D eigenvalue weighted by atomic mass is 10.2. The fourth-order valence-corrected chi connectivity index (χ4v) is 1.22. The van der Waals surface area contributed by atoms with E-state index in [1.807, 2.05) is 0 Å². The minimum atomic E-state index is -1.20. The molecule has 98 valence electrons. The fourth-order valence-electron chi connectivity index (χ4n) is 1.22. The Morgan fingerprint density at radius 1 is 1.56 bits per heavy atom. The molecule has 0 saturated carbocycles. The van der Waals surface area contributed by atoms with Crippen LogP contribution in [0.3, 0.4) is 0 Å². The SMILES string of the molecule is CCC(O)COc1cc(C(=O)O)ccc1[N+](=O)[O-]. The topological polar surface area (TPSA) is 110 Å². The van der Waals surface area contributed by atoms with E-state index in [0.717, 1.165) is 18.2 Å². The highest BCUT2D eigenvalue weighted by atomic mass is 16.6. The van der Waals surface area contributed by atoms with E-state index in [1.54, 1.807) is 6.92 Å². The number of carboxylic acids is 1. The summed E-state index contributed by atoms with van der Waals surface area (Å²) in [5.74, 6) is -1.36. The third kappa shape index (κ3) is 3.42. The molecule has 0 aromatic heterocycles. The number of rotatable bonds is 6. The van der Waals surface area contributed by atoms with Crippen molar-refractivity contribution in [3.8, 4) is 5.75 Å². The van der Waals surface area contributed by atoms with E-state index in [1.165, 1.54) is 0 Å². The number of aliphatic hydroxyl groups excluding tert-OH is 1. The zero-order chi connectivity index (χ0) is 13.7. The molecule has 0 aliphatic heterocycles. The van der Waals surface area contributed by atoms with E-state index in [2.05, 4.69) is 0 Å². The maximum atomic E-state index is 10.8. The van der Waals surface area contributed by atoms with Gasteiger partial charge in [-0.15, -0.1) is 0 Å². The van der Waals surface area contributed by atoms with Crippen molar-refractivity contribution in [2.24, 2.45) is 0 Å². The van der Waals surface area contributed by atoms with Crippen molar-refractivity contribution >= 4 is 11.7 Å². The summed E-state index contributed by atoms with van der Waals surface area (Å²) in [5, 5.41) is 28.8. The van der Waals surface area contributed by atoms with Gasteiger partial charge in [-0.2, -0.15) is 0 Å². The first-order valence-electron chi connectivity index (χ1n) is 5.28. The molecule has 0 radical (unpaired) electrons. The molecule has 0 heterocycles. The number of aliphatic hydroxyl groups is 1. The highest BCUT2D eigenvalue weighted by molar-refractivity contribution is 5.88. The summed E-state index contributed by atoms with van der Waals surface area (Å²) in [5.41, 5.74) is -0.440. The van der Waals surface area contributed by atoms with Crippen LogP contribution in [0.25, 0.3) is 0 Å². The van der Waals surface area contributed by atoms with Crippen LogP contribution in [0.2, 0.25) is 0 Å². The fraction of sp³-hybridized carbons (Fsp3) is 0.364. The lowest BCUT2D eigenvalue weighted by Gasteiger charge is -2.10. The Balaban J connectivity index is 3.00. The number of carboxylic acid groups (broad SMARTS) is 1. The van der Waals surface area contributed by atoms with E-state index < -0.39 is 17.0 Å². The summed E-state index contributed by atoms with van der Waals surface area (Å²) in [6.45, 7) is 1.61. The molecule has 2 N–H and O–H groups in total. The molecule has 0 aliphatic carbocycles. The molecule has 7 heteroatoms. The zero-order valence-electron chi connectivity index (χ0n) is 9.70. The number of nitrogens with zero attached hydrogens (tertiary/aromatic N) is 1. The minimum absolute atomic E-state index is 0.110. The van der Waals surface area contributed by atoms with Crippen molar-refractivity contribution in [2.75, 3.05) is 6.61 Å². The number of nitro groups is 1. The molecular formula is C11H13NO6. The second-order valence-corrected chi connectivity index (χ2v) is 3.62. The molecule has 0 fully saturated rings. The van der Waals surface area contributed by atoms with Crippen LogP contribution in [0.4, 0.5) is 5.69 Å². The average Bonchev–Trinajstić information content (AvgIpc) is 2.35. The summed E-state index contributed by atoms with van der Waals surface area (Å²) in [6.07, 6.45) is -0.315. The highest BCUT2D eigenvalue weighted by Gasteiger charge is 2.18. The minimum Gasteiger partial charge on any atom is -0.484 e. The number of hydrogen-bond donors (Lipinski definition) is 2. The first kappa shape index (κ1) is 13.9. The Morgan fingerprint density at radius 2 is 2.22 bits per heavy atom. The van der Waals surface area contributed by atoms with Crippen LogP contribution >= 0.6 is 0 Å².